The Balaban J connectivity index is 1.74. The van der Waals surface area contributed by atoms with E-state index in [1.807, 2.05) is 60.4 Å². The number of hydrogen-bond donors (Lipinski definition) is 1. The lowest BCUT2D eigenvalue weighted by Gasteiger charge is -2.30. The van der Waals surface area contributed by atoms with Gasteiger partial charge in [0.2, 0.25) is 0 Å². The minimum absolute atomic E-state index is 0.0593. The number of hydrogen-bond acceptors (Lipinski definition) is 2. The molecule has 2 aromatic carbocycles. The van der Waals surface area contributed by atoms with E-state index in [1.54, 1.807) is 0 Å². The van der Waals surface area contributed by atoms with E-state index in [-0.39, 0.29) is 12.1 Å². The zero-order valence-corrected chi connectivity index (χ0v) is 15.8. The molecule has 1 aliphatic rings. The van der Waals surface area contributed by atoms with Crippen LogP contribution in [0, 0.1) is 0 Å². The first-order valence-electron chi connectivity index (χ1n) is 9.23. The van der Waals surface area contributed by atoms with E-state index in [2.05, 4.69) is 5.32 Å². The predicted molar refractivity (Wildman–Crippen MR) is 106 cm³/mol. The standard InChI is InChI=1S/C21H25ClN2O2/c1-2-26-19-13-11-18(12-14-19)23-21(25)24-15-5-3-4-6-20(24)16-7-9-17(22)10-8-16/h7-14,20H,2-6,15H2,1H3,(H,23,25)/t20-/m1/s1. The highest BCUT2D eigenvalue weighted by Crippen LogP contribution is 2.31. The molecular weight excluding hydrogens is 348 g/mol. The summed E-state index contributed by atoms with van der Waals surface area (Å²) in [6.07, 6.45) is 4.27. The molecular formula is C21H25ClN2O2. The molecule has 0 radical (unpaired) electrons. The molecule has 138 valence electrons. The van der Waals surface area contributed by atoms with E-state index < -0.39 is 0 Å². The Kier molecular flexibility index (Phi) is 6.40. The fourth-order valence-electron chi connectivity index (χ4n) is 3.38. The molecule has 0 saturated carbocycles. The zero-order chi connectivity index (χ0) is 18.4. The number of urea groups is 1. The van der Waals surface area contributed by atoms with Crippen molar-refractivity contribution >= 4 is 23.3 Å². The smallest absolute Gasteiger partial charge is 0.322 e. The van der Waals surface area contributed by atoms with Crippen molar-refractivity contribution in [2.45, 2.75) is 38.6 Å². The number of nitrogens with zero attached hydrogens (tertiary/aromatic N) is 1. The molecule has 4 nitrogen and oxygen atoms in total. The molecule has 1 heterocycles. The maximum Gasteiger partial charge on any atom is 0.322 e. The average molecular weight is 373 g/mol. The van der Waals surface area contributed by atoms with Crippen LogP contribution in [-0.4, -0.2) is 24.1 Å². The second-order valence-corrected chi connectivity index (χ2v) is 6.93. The molecule has 2 amide bonds. The minimum Gasteiger partial charge on any atom is -0.494 e. The number of carbonyl (C=O) groups excluding carboxylic acids is 1. The van der Waals surface area contributed by atoms with Crippen LogP contribution in [0.2, 0.25) is 5.02 Å². The summed E-state index contributed by atoms with van der Waals surface area (Å²) in [6.45, 7) is 3.34. The van der Waals surface area contributed by atoms with Crippen LogP contribution in [0.1, 0.15) is 44.2 Å². The van der Waals surface area contributed by atoms with Crippen LogP contribution in [0.25, 0.3) is 0 Å². The van der Waals surface area contributed by atoms with Crippen molar-refractivity contribution in [1.82, 2.24) is 4.90 Å². The Hall–Kier alpha value is -2.20. The normalized spacial score (nSPS) is 17.5. The Labute approximate surface area is 160 Å². The maximum atomic E-state index is 12.9. The Morgan fingerprint density at radius 3 is 2.54 bits per heavy atom. The van der Waals surface area contributed by atoms with Gasteiger partial charge >= 0.3 is 6.03 Å². The highest BCUT2D eigenvalue weighted by Gasteiger charge is 2.26. The van der Waals surface area contributed by atoms with Crippen molar-refractivity contribution in [3.63, 3.8) is 0 Å². The lowest BCUT2D eigenvalue weighted by molar-refractivity contribution is 0.189. The van der Waals surface area contributed by atoms with Gasteiger partial charge in [-0.2, -0.15) is 0 Å². The van der Waals surface area contributed by atoms with Gasteiger partial charge in [-0.1, -0.05) is 36.6 Å². The molecule has 1 N–H and O–H groups in total. The van der Waals surface area contributed by atoms with Gasteiger partial charge in [0.05, 0.1) is 12.6 Å². The number of carbonyl (C=O) groups is 1. The van der Waals surface area contributed by atoms with Crippen LogP contribution in [0.15, 0.2) is 48.5 Å². The molecule has 1 atom stereocenters. The first kappa shape index (κ1) is 18.6. The average Bonchev–Trinajstić information content (AvgIpc) is 2.90. The van der Waals surface area contributed by atoms with Crippen molar-refractivity contribution < 1.29 is 9.53 Å². The summed E-state index contributed by atoms with van der Waals surface area (Å²) in [6, 6.07) is 15.3. The molecule has 1 fully saturated rings. The summed E-state index contributed by atoms with van der Waals surface area (Å²) in [7, 11) is 0. The summed E-state index contributed by atoms with van der Waals surface area (Å²) < 4.78 is 5.45. The highest BCUT2D eigenvalue weighted by atomic mass is 35.5. The van der Waals surface area contributed by atoms with Crippen molar-refractivity contribution in [3.05, 3.63) is 59.1 Å². The number of ether oxygens (including phenoxy) is 1. The fourth-order valence-corrected chi connectivity index (χ4v) is 3.51. The van der Waals surface area contributed by atoms with Gasteiger partial charge in [-0.05, 0) is 61.7 Å². The van der Waals surface area contributed by atoms with Crippen LogP contribution in [-0.2, 0) is 0 Å². The van der Waals surface area contributed by atoms with Gasteiger partial charge in [0.15, 0.2) is 0 Å². The number of nitrogens with one attached hydrogen (secondary N) is 1. The van der Waals surface area contributed by atoms with Gasteiger partial charge in [0, 0.05) is 17.3 Å². The molecule has 2 aromatic rings. The van der Waals surface area contributed by atoms with Crippen molar-refractivity contribution in [3.8, 4) is 5.75 Å². The van der Waals surface area contributed by atoms with Crippen LogP contribution in [0.3, 0.4) is 0 Å². The minimum atomic E-state index is -0.0593. The molecule has 0 bridgehead atoms. The number of anilines is 1. The SMILES string of the molecule is CCOc1ccc(NC(=O)N2CCCCC[C@@H]2c2ccc(Cl)cc2)cc1. The molecule has 5 heteroatoms. The predicted octanol–water partition coefficient (Wildman–Crippen LogP) is 5.89. The molecule has 0 unspecified atom stereocenters. The first-order chi connectivity index (χ1) is 12.7. The highest BCUT2D eigenvalue weighted by molar-refractivity contribution is 6.30. The maximum absolute atomic E-state index is 12.9. The van der Waals surface area contributed by atoms with Gasteiger partial charge in [0.1, 0.15) is 5.75 Å². The van der Waals surface area contributed by atoms with Crippen molar-refractivity contribution in [1.29, 1.82) is 0 Å². The van der Waals surface area contributed by atoms with E-state index in [0.717, 1.165) is 49.2 Å². The second kappa shape index (κ2) is 8.95. The lowest BCUT2D eigenvalue weighted by atomic mass is 10.0. The Morgan fingerprint density at radius 1 is 1.12 bits per heavy atom. The van der Waals surface area contributed by atoms with Gasteiger partial charge in [-0.15, -0.1) is 0 Å². The largest absolute Gasteiger partial charge is 0.494 e. The molecule has 3 rings (SSSR count). The monoisotopic (exact) mass is 372 g/mol. The zero-order valence-electron chi connectivity index (χ0n) is 15.1. The topological polar surface area (TPSA) is 41.6 Å². The van der Waals surface area contributed by atoms with Gasteiger partial charge in [0.25, 0.3) is 0 Å². The summed E-state index contributed by atoms with van der Waals surface area (Å²) in [4.78, 5) is 14.9. The van der Waals surface area contributed by atoms with Gasteiger partial charge in [-0.25, -0.2) is 4.79 Å². The molecule has 26 heavy (non-hydrogen) atoms. The molecule has 1 saturated heterocycles. The van der Waals surface area contributed by atoms with Crippen LogP contribution in [0.5, 0.6) is 5.75 Å². The first-order valence-corrected chi connectivity index (χ1v) is 9.61. The van der Waals surface area contributed by atoms with E-state index in [9.17, 15) is 4.79 Å². The molecule has 0 spiro atoms. The Morgan fingerprint density at radius 2 is 1.85 bits per heavy atom. The molecule has 0 aliphatic carbocycles. The summed E-state index contributed by atoms with van der Waals surface area (Å²) in [5.74, 6) is 0.805. The van der Waals surface area contributed by atoms with E-state index in [1.165, 1.54) is 0 Å². The number of amides is 2. The summed E-state index contributed by atoms with van der Waals surface area (Å²) in [5, 5.41) is 3.74. The van der Waals surface area contributed by atoms with Gasteiger partial charge in [-0.3, -0.25) is 0 Å². The summed E-state index contributed by atoms with van der Waals surface area (Å²) in [5.41, 5.74) is 1.91. The fraction of sp³-hybridized carbons (Fsp3) is 0.381. The number of halogens is 1. The van der Waals surface area contributed by atoms with Crippen LogP contribution >= 0.6 is 11.6 Å². The molecule has 0 aromatic heterocycles. The third kappa shape index (κ3) is 4.70. The lowest BCUT2D eigenvalue weighted by Crippen LogP contribution is -2.38. The van der Waals surface area contributed by atoms with E-state index in [0.29, 0.717) is 11.6 Å². The Bertz CT molecular complexity index is 716. The number of benzene rings is 2. The van der Waals surface area contributed by atoms with E-state index in [4.69, 9.17) is 16.3 Å². The third-order valence-corrected chi connectivity index (χ3v) is 4.94. The van der Waals surface area contributed by atoms with E-state index >= 15 is 0 Å². The number of rotatable bonds is 4. The summed E-state index contributed by atoms with van der Waals surface area (Å²) >= 11 is 6.02. The van der Waals surface area contributed by atoms with Crippen LogP contribution < -0.4 is 10.1 Å². The second-order valence-electron chi connectivity index (χ2n) is 6.50. The van der Waals surface area contributed by atoms with Crippen molar-refractivity contribution in [2.75, 3.05) is 18.5 Å². The number of likely N-dealkylation sites (tertiary alicyclic amines) is 1. The van der Waals surface area contributed by atoms with Gasteiger partial charge < -0.3 is 15.0 Å². The van der Waals surface area contributed by atoms with Crippen molar-refractivity contribution in [2.24, 2.45) is 0 Å². The quantitative estimate of drug-likeness (QED) is 0.727. The molecule has 1 aliphatic heterocycles. The third-order valence-electron chi connectivity index (χ3n) is 4.69. The van der Waals surface area contributed by atoms with Crippen LogP contribution in [0.4, 0.5) is 10.5 Å².